The summed E-state index contributed by atoms with van der Waals surface area (Å²) in [7, 11) is 0. The average Bonchev–Trinajstić information content (AvgIpc) is 2.23. The molecule has 0 bridgehead atoms. The number of amides is 3. The molecule has 0 aliphatic carbocycles. The predicted molar refractivity (Wildman–Crippen MR) is 312 cm³/mol. The molecule has 4 N–H and O–H groups in total. The molecule has 0 radical (unpaired) electrons. The first-order valence-corrected chi connectivity index (χ1v) is 27.9. The van der Waals surface area contributed by atoms with Gasteiger partial charge in [-0.25, -0.2) is 43.7 Å². The number of fused-ring (bicyclic) bond motifs is 9. The third-order valence-corrected chi connectivity index (χ3v) is 14.2. The van der Waals surface area contributed by atoms with Crippen LogP contribution in [-0.4, -0.2) is 116 Å². The number of ether oxygens (including phenoxy) is 3. The number of benzene rings is 3. The highest BCUT2D eigenvalue weighted by molar-refractivity contribution is 5.93. The molecular weight excluding hydrogens is 1140 g/mol. The monoisotopic (exact) mass is 1200 g/mol. The van der Waals surface area contributed by atoms with E-state index >= 15 is 0 Å². The number of rotatable bonds is 12. The van der Waals surface area contributed by atoms with Crippen molar-refractivity contribution in [3.63, 3.8) is 0 Å². The van der Waals surface area contributed by atoms with Crippen LogP contribution >= 0.6 is 0 Å². The van der Waals surface area contributed by atoms with E-state index in [0.29, 0.717) is 77.5 Å². The molecule has 3 aromatic carbocycles. The zero-order valence-electron chi connectivity index (χ0n) is 46.9. The second kappa shape index (κ2) is 25.3. The third kappa shape index (κ3) is 12.4. The molecule has 444 valence electrons. The van der Waals surface area contributed by atoms with Crippen LogP contribution in [0.4, 0.5) is 8.78 Å². The van der Waals surface area contributed by atoms with Crippen molar-refractivity contribution >= 4 is 17.7 Å². The van der Waals surface area contributed by atoms with Crippen molar-refractivity contribution in [2.75, 3.05) is 19.8 Å². The molecule has 0 fully saturated rings. The fourth-order valence-electron chi connectivity index (χ4n) is 10.1. The first-order chi connectivity index (χ1) is 43.6. The lowest BCUT2D eigenvalue weighted by Gasteiger charge is -2.15. The van der Waals surface area contributed by atoms with Crippen LogP contribution in [-0.2, 0) is 19.5 Å². The first-order valence-electron chi connectivity index (χ1n) is 27.9. The number of hydrogen-bond acceptors (Lipinski definition) is 16. The van der Waals surface area contributed by atoms with Crippen LogP contribution in [0.1, 0.15) is 89.7 Å². The molecule has 0 saturated heterocycles. The predicted octanol–water partition coefficient (Wildman–Crippen LogP) is 6.87. The number of carbonyl (C=O) groups excluding carboxylic acids is 3. The summed E-state index contributed by atoms with van der Waals surface area (Å²) < 4.78 is 54.4. The number of aromatic amines is 1. The van der Waals surface area contributed by atoms with E-state index in [4.69, 9.17) is 14.2 Å². The van der Waals surface area contributed by atoms with E-state index in [1.165, 1.54) is 21.8 Å². The van der Waals surface area contributed by atoms with Gasteiger partial charge in [-0.15, -0.1) is 5.10 Å². The Kier molecular flexibility index (Phi) is 15.9. The number of halogens is 2. The van der Waals surface area contributed by atoms with Gasteiger partial charge in [-0.3, -0.25) is 42.5 Å². The van der Waals surface area contributed by atoms with Crippen molar-refractivity contribution in [2.24, 2.45) is 0 Å². The fourth-order valence-corrected chi connectivity index (χ4v) is 10.1. The Labute approximate surface area is 504 Å². The zero-order valence-corrected chi connectivity index (χ0v) is 46.9. The smallest absolute Gasteiger partial charge is 0.291 e. The standard InChI is InChI=1S/2C21H17FN6O2.C20H17N7O2/c2*22-15-12-27(11-14-5-2-1-3-6-14)26-18(15)21(29)25-16-13-30-17-7-4-8-23-20(17)28-10-9-24-19(16)28;28-20(17-24-16(25-26-17)11-13-5-2-1-3-6-13)23-14-12-29-15-7-4-8-21-19(15)27-10-9-22-18(14)27/h2*1-10,12,16H,11,13H2,(H,25,29);1-10,14H,11-12H2,(H,23,28)(H,24,25,26)/t2*16-;14-/m100/s1. The van der Waals surface area contributed by atoms with Gasteiger partial charge in [0.1, 0.15) is 61.2 Å². The summed E-state index contributed by atoms with van der Waals surface area (Å²) in [5, 5.41) is 23.6. The molecule has 3 aliphatic rings. The Morgan fingerprint density at radius 1 is 0.472 bits per heavy atom. The summed E-state index contributed by atoms with van der Waals surface area (Å²) in [6, 6.07) is 38.0. The largest absolute Gasteiger partial charge is 0.487 e. The molecule has 89 heavy (non-hydrogen) atoms. The Hall–Kier alpha value is -12.0. The van der Waals surface area contributed by atoms with E-state index < -0.39 is 47.5 Å². The second-order valence-electron chi connectivity index (χ2n) is 20.2. The highest BCUT2D eigenvalue weighted by Crippen LogP contribution is 2.31. The minimum Gasteiger partial charge on any atom is -0.487 e. The number of nitrogens with one attached hydrogen (secondary N) is 4. The van der Waals surface area contributed by atoms with Gasteiger partial charge in [-0.1, -0.05) is 91.0 Å². The number of H-pyrrole nitrogens is 1. The second-order valence-corrected chi connectivity index (χ2v) is 20.2. The molecule has 0 unspecified atom stereocenters. The minimum absolute atomic E-state index is 0.0777. The summed E-state index contributed by atoms with van der Waals surface area (Å²) in [6.07, 6.45) is 18.2. The lowest BCUT2D eigenvalue weighted by molar-refractivity contribution is 0.0902. The van der Waals surface area contributed by atoms with Crippen LogP contribution in [0.15, 0.2) is 196 Å². The van der Waals surface area contributed by atoms with Crippen molar-refractivity contribution in [3.05, 3.63) is 264 Å². The maximum Gasteiger partial charge on any atom is 0.291 e. The Balaban J connectivity index is 0.000000123. The average molecular weight is 1200 g/mol. The van der Waals surface area contributed by atoms with Gasteiger partial charge in [-0.2, -0.15) is 10.2 Å². The van der Waals surface area contributed by atoms with Gasteiger partial charge in [0.05, 0.1) is 25.5 Å². The molecule has 15 rings (SSSR count). The maximum atomic E-state index is 14.4. The summed E-state index contributed by atoms with van der Waals surface area (Å²) in [5.74, 6) is 2.96. The molecule has 3 atom stereocenters. The van der Waals surface area contributed by atoms with E-state index in [1.807, 2.05) is 102 Å². The SMILES string of the molecule is O=C(N[C@@H]1COc2cccnc2-n2ccnc21)c1nn(Cc2ccccc2)cc1F.O=C(N[C@H]1COc2cccnc2-n2ccnc21)c1n[nH]c(Cc2ccccc2)n1.O=C(N[C@H]1COc2cccnc2-n2ccnc21)c1nn(Cc2ccccc2)cc1F. The number of hydrogen-bond donors (Lipinski definition) is 4. The molecule has 27 heteroatoms. The fraction of sp³-hybridized carbons (Fsp3) is 0.145. The van der Waals surface area contributed by atoms with Crippen LogP contribution in [0.2, 0.25) is 0 Å². The van der Waals surface area contributed by atoms with Crippen LogP contribution in [0.25, 0.3) is 17.5 Å². The number of nitrogens with zero attached hydrogens (tertiary/aromatic N) is 15. The summed E-state index contributed by atoms with van der Waals surface area (Å²) >= 11 is 0. The minimum atomic E-state index is -0.689. The number of carbonyl (C=O) groups is 3. The first kappa shape index (κ1) is 56.1. The van der Waals surface area contributed by atoms with Crippen molar-refractivity contribution < 1.29 is 37.4 Å². The van der Waals surface area contributed by atoms with E-state index in [9.17, 15) is 23.2 Å². The van der Waals surface area contributed by atoms with Gasteiger partial charge in [0, 0.05) is 62.2 Å². The van der Waals surface area contributed by atoms with Gasteiger partial charge in [0.25, 0.3) is 17.7 Å². The number of aromatic nitrogens is 16. The summed E-state index contributed by atoms with van der Waals surface area (Å²) in [4.78, 5) is 68.7. The molecular formula is C62H51F2N19O6. The van der Waals surface area contributed by atoms with Gasteiger partial charge in [0.2, 0.25) is 5.82 Å². The number of imidazole rings is 3. The Morgan fingerprint density at radius 3 is 1.26 bits per heavy atom. The normalized spacial score (nSPS) is 14.9. The lowest BCUT2D eigenvalue weighted by atomic mass is 10.1. The molecule has 25 nitrogen and oxygen atoms in total. The molecule has 3 amide bonds. The van der Waals surface area contributed by atoms with Crippen molar-refractivity contribution in [2.45, 2.75) is 37.6 Å². The highest BCUT2D eigenvalue weighted by atomic mass is 19.1. The van der Waals surface area contributed by atoms with E-state index in [-0.39, 0.29) is 37.0 Å². The van der Waals surface area contributed by atoms with E-state index in [1.54, 1.807) is 95.2 Å². The summed E-state index contributed by atoms with van der Waals surface area (Å²) in [5.41, 5.74) is 2.45. The quantitative estimate of drug-likeness (QED) is 0.0971. The van der Waals surface area contributed by atoms with Crippen molar-refractivity contribution in [1.82, 2.24) is 94.3 Å². The van der Waals surface area contributed by atoms with Gasteiger partial charge < -0.3 is 30.2 Å². The molecule has 9 aromatic heterocycles. The summed E-state index contributed by atoms with van der Waals surface area (Å²) in [6.45, 7) is 1.22. The van der Waals surface area contributed by atoms with Gasteiger partial charge >= 0.3 is 0 Å². The topological polar surface area (TPSA) is 284 Å². The van der Waals surface area contributed by atoms with E-state index in [2.05, 4.69) is 71.2 Å². The Bertz CT molecular complexity index is 4260. The van der Waals surface area contributed by atoms with Gasteiger partial charge in [-0.05, 0) is 53.1 Å². The molecule has 12 heterocycles. The molecule has 3 aliphatic heterocycles. The molecule has 0 spiro atoms. The number of pyridine rings is 3. The zero-order chi connectivity index (χ0) is 60.6. The van der Waals surface area contributed by atoms with Crippen LogP contribution in [0.5, 0.6) is 17.2 Å². The molecule has 0 saturated carbocycles. The molecule has 12 aromatic rings. The van der Waals surface area contributed by atoms with Crippen LogP contribution in [0, 0.1) is 11.6 Å². The maximum absolute atomic E-state index is 14.4. The van der Waals surface area contributed by atoms with Crippen LogP contribution in [0.3, 0.4) is 0 Å². The third-order valence-electron chi connectivity index (χ3n) is 14.2. The van der Waals surface area contributed by atoms with Crippen LogP contribution < -0.4 is 30.2 Å². The van der Waals surface area contributed by atoms with E-state index in [0.717, 1.165) is 16.7 Å². The highest BCUT2D eigenvalue weighted by Gasteiger charge is 2.32. The van der Waals surface area contributed by atoms with Gasteiger partial charge in [0.15, 0.2) is 57.7 Å². The van der Waals surface area contributed by atoms with Crippen molar-refractivity contribution in [3.8, 4) is 34.7 Å². The Morgan fingerprint density at radius 2 is 0.854 bits per heavy atom. The lowest BCUT2D eigenvalue weighted by Crippen LogP contribution is -2.34. The van der Waals surface area contributed by atoms with Crippen molar-refractivity contribution in [1.29, 1.82) is 0 Å².